The lowest BCUT2D eigenvalue weighted by molar-refractivity contribution is 0.123. The average Bonchev–Trinajstić information content (AvgIpc) is 3.09. The summed E-state index contributed by atoms with van der Waals surface area (Å²) in [6.07, 6.45) is 6.26. The molecule has 3 aliphatic heterocycles. The highest BCUT2D eigenvalue weighted by atomic mass is 32.2. The molecule has 0 aromatic carbocycles. The molecule has 3 aliphatic rings. The van der Waals surface area contributed by atoms with E-state index in [4.69, 9.17) is 4.74 Å². The van der Waals surface area contributed by atoms with E-state index >= 15 is 0 Å². The number of thioether (sulfide) groups is 1. The van der Waals surface area contributed by atoms with Crippen molar-refractivity contribution in [3.63, 3.8) is 0 Å². The van der Waals surface area contributed by atoms with Crippen LogP contribution in [0.2, 0.25) is 0 Å². The van der Waals surface area contributed by atoms with Crippen LogP contribution in [-0.2, 0) is 4.74 Å². The number of hydrogen-bond donors (Lipinski definition) is 1. The Hall–Kier alpha value is -1.01. The van der Waals surface area contributed by atoms with Crippen LogP contribution in [0.15, 0.2) is 6.20 Å². The second-order valence-corrected chi connectivity index (χ2v) is 7.84. The van der Waals surface area contributed by atoms with Crippen LogP contribution in [0.5, 0.6) is 0 Å². The molecule has 4 heterocycles. The molecule has 6 heteroatoms. The van der Waals surface area contributed by atoms with Gasteiger partial charge >= 0.3 is 0 Å². The highest BCUT2D eigenvalue weighted by Gasteiger charge is 2.27. The molecule has 4 rings (SSSR count). The minimum absolute atomic E-state index is 0.847. The van der Waals surface area contributed by atoms with Crippen molar-refractivity contribution in [1.29, 1.82) is 0 Å². The third kappa shape index (κ3) is 3.29. The number of nitrogens with one attached hydrogen (secondary N) is 1. The van der Waals surface area contributed by atoms with Gasteiger partial charge < -0.3 is 24.4 Å². The Morgan fingerprint density at radius 1 is 0.826 bits per heavy atom. The van der Waals surface area contributed by atoms with Gasteiger partial charge in [-0.2, -0.15) is 11.8 Å². The van der Waals surface area contributed by atoms with Crippen LogP contribution in [0, 0.1) is 0 Å². The van der Waals surface area contributed by atoms with Gasteiger partial charge in [0.1, 0.15) is 11.5 Å². The SMILES string of the molecule is c1[nH]c(N2CCCCC2)c(N2CCSCC2)c1N1CCOCC1. The predicted octanol–water partition coefficient (Wildman–Crippen LogP) is 2.39. The third-order valence-corrected chi connectivity index (χ3v) is 6.11. The van der Waals surface area contributed by atoms with Crippen LogP contribution in [0.4, 0.5) is 17.2 Å². The summed E-state index contributed by atoms with van der Waals surface area (Å²) < 4.78 is 5.55. The molecule has 1 N–H and O–H groups in total. The fraction of sp³-hybridized carbons (Fsp3) is 0.765. The lowest BCUT2D eigenvalue weighted by atomic mass is 10.1. The first-order chi connectivity index (χ1) is 11.4. The van der Waals surface area contributed by atoms with Gasteiger partial charge in [0.25, 0.3) is 0 Å². The fourth-order valence-electron chi connectivity index (χ4n) is 3.90. The standard InChI is InChI=1S/C17H28N4OS/c1-2-4-21(5-3-1)17-16(20-8-12-23-13-9-20)15(14-18-17)19-6-10-22-11-7-19/h14,18H,1-13H2. The molecule has 0 spiro atoms. The molecule has 23 heavy (non-hydrogen) atoms. The van der Waals surface area contributed by atoms with Gasteiger partial charge in [-0.25, -0.2) is 0 Å². The Labute approximate surface area is 143 Å². The van der Waals surface area contributed by atoms with E-state index < -0.39 is 0 Å². The maximum atomic E-state index is 5.55. The van der Waals surface area contributed by atoms with E-state index in [9.17, 15) is 0 Å². The first kappa shape index (κ1) is 15.5. The number of H-pyrrole nitrogens is 1. The monoisotopic (exact) mass is 336 g/mol. The number of hydrogen-bond acceptors (Lipinski definition) is 5. The summed E-state index contributed by atoms with van der Waals surface area (Å²) in [7, 11) is 0. The first-order valence-corrected chi connectivity index (χ1v) is 10.2. The van der Waals surface area contributed by atoms with E-state index in [1.54, 1.807) is 0 Å². The number of aromatic amines is 1. The number of aromatic nitrogens is 1. The second kappa shape index (κ2) is 7.26. The van der Waals surface area contributed by atoms with Gasteiger partial charge in [0.2, 0.25) is 0 Å². The molecule has 0 saturated carbocycles. The minimum Gasteiger partial charge on any atom is -0.378 e. The number of piperidine rings is 1. The van der Waals surface area contributed by atoms with E-state index in [-0.39, 0.29) is 0 Å². The zero-order valence-electron chi connectivity index (χ0n) is 13.9. The van der Waals surface area contributed by atoms with Gasteiger partial charge in [-0.05, 0) is 19.3 Å². The van der Waals surface area contributed by atoms with E-state index in [1.165, 1.54) is 74.1 Å². The van der Waals surface area contributed by atoms with Crippen molar-refractivity contribution in [3.8, 4) is 0 Å². The molecule has 0 atom stereocenters. The summed E-state index contributed by atoms with van der Waals surface area (Å²) in [6.45, 7) is 8.43. The van der Waals surface area contributed by atoms with Crippen molar-refractivity contribution in [2.75, 3.05) is 78.7 Å². The van der Waals surface area contributed by atoms with E-state index in [2.05, 4.69) is 37.6 Å². The quantitative estimate of drug-likeness (QED) is 0.917. The summed E-state index contributed by atoms with van der Waals surface area (Å²) in [5.74, 6) is 3.85. The van der Waals surface area contributed by atoms with Crippen LogP contribution >= 0.6 is 11.8 Å². The van der Waals surface area contributed by atoms with Crippen LogP contribution in [-0.4, -0.2) is 69.0 Å². The molecule has 0 unspecified atom stereocenters. The normalized spacial score (nSPS) is 23.4. The molecule has 1 aromatic rings. The topological polar surface area (TPSA) is 34.7 Å². The minimum atomic E-state index is 0.847. The van der Waals surface area contributed by atoms with Crippen LogP contribution in [0.3, 0.4) is 0 Å². The number of rotatable bonds is 3. The Balaban J connectivity index is 1.65. The Kier molecular flexibility index (Phi) is 4.90. The third-order valence-electron chi connectivity index (χ3n) is 5.16. The molecule has 5 nitrogen and oxygen atoms in total. The van der Waals surface area contributed by atoms with E-state index in [0.29, 0.717) is 0 Å². The predicted molar refractivity (Wildman–Crippen MR) is 99.4 cm³/mol. The second-order valence-electron chi connectivity index (χ2n) is 6.62. The van der Waals surface area contributed by atoms with Gasteiger partial charge in [0, 0.05) is 57.0 Å². The maximum absolute atomic E-state index is 5.55. The molecule has 0 radical (unpaired) electrons. The molecule has 1 aromatic heterocycles. The Morgan fingerprint density at radius 3 is 2.30 bits per heavy atom. The number of anilines is 3. The van der Waals surface area contributed by atoms with Crippen LogP contribution < -0.4 is 14.7 Å². The summed E-state index contributed by atoms with van der Waals surface area (Å²) in [6, 6.07) is 0. The molecular weight excluding hydrogens is 308 g/mol. The molecule has 0 amide bonds. The number of nitrogens with zero attached hydrogens (tertiary/aromatic N) is 3. The lowest BCUT2D eigenvalue weighted by Gasteiger charge is -2.36. The number of ether oxygens (including phenoxy) is 1. The highest BCUT2D eigenvalue weighted by Crippen LogP contribution is 2.41. The zero-order chi connectivity index (χ0) is 15.5. The molecule has 3 fully saturated rings. The van der Waals surface area contributed by atoms with Gasteiger partial charge in [0.05, 0.1) is 18.9 Å². The summed E-state index contributed by atoms with van der Waals surface area (Å²) >= 11 is 2.08. The summed E-state index contributed by atoms with van der Waals surface area (Å²) in [4.78, 5) is 11.3. The van der Waals surface area contributed by atoms with Crippen molar-refractivity contribution in [1.82, 2.24) is 4.98 Å². The van der Waals surface area contributed by atoms with Gasteiger partial charge in [-0.1, -0.05) is 0 Å². The lowest BCUT2D eigenvalue weighted by Crippen LogP contribution is -2.39. The smallest absolute Gasteiger partial charge is 0.132 e. The zero-order valence-corrected chi connectivity index (χ0v) is 14.7. The van der Waals surface area contributed by atoms with E-state index in [0.717, 1.165) is 26.3 Å². The van der Waals surface area contributed by atoms with Crippen LogP contribution in [0.1, 0.15) is 19.3 Å². The largest absolute Gasteiger partial charge is 0.378 e. The molecular formula is C17H28N4OS. The average molecular weight is 337 g/mol. The van der Waals surface area contributed by atoms with E-state index in [1.807, 2.05) is 0 Å². The van der Waals surface area contributed by atoms with Crippen LogP contribution in [0.25, 0.3) is 0 Å². The Bertz CT molecular complexity index is 467. The first-order valence-electron chi connectivity index (χ1n) is 9.05. The van der Waals surface area contributed by atoms with Crippen molar-refractivity contribution in [2.24, 2.45) is 0 Å². The molecule has 0 aliphatic carbocycles. The maximum Gasteiger partial charge on any atom is 0.132 e. The highest BCUT2D eigenvalue weighted by molar-refractivity contribution is 7.99. The fourth-order valence-corrected chi connectivity index (χ4v) is 4.80. The van der Waals surface area contributed by atoms with Gasteiger partial charge in [0.15, 0.2) is 0 Å². The molecule has 3 saturated heterocycles. The summed E-state index contributed by atoms with van der Waals surface area (Å²) in [5, 5.41) is 0. The van der Waals surface area contributed by atoms with Crippen molar-refractivity contribution >= 4 is 29.0 Å². The number of morpholine rings is 1. The van der Waals surface area contributed by atoms with Gasteiger partial charge in [-0.15, -0.1) is 0 Å². The van der Waals surface area contributed by atoms with Crippen molar-refractivity contribution < 1.29 is 4.74 Å². The van der Waals surface area contributed by atoms with Gasteiger partial charge in [-0.3, -0.25) is 0 Å². The molecule has 128 valence electrons. The molecule has 0 bridgehead atoms. The van der Waals surface area contributed by atoms with Crippen molar-refractivity contribution in [3.05, 3.63) is 6.20 Å². The van der Waals surface area contributed by atoms with Crippen molar-refractivity contribution in [2.45, 2.75) is 19.3 Å². The summed E-state index contributed by atoms with van der Waals surface area (Å²) in [5.41, 5.74) is 2.84. The Morgan fingerprint density at radius 2 is 1.57 bits per heavy atom.